The monoisotopic (exact) mass is 301 g/mol. The van der Waals surface area contributed by atoms with Crippen LogP contribution >= 0.6 is 11.6 Å². The van der Waals surface area contributed by atoms with Crippen LogP contribution in [0.5, 0.6) is 0 Å². The van der Waals surface area contributed by atoms with E-state index in [1.54, 1.807) is 0 Å². The first-order valence-corrected chi connectivity index (χ1v) is 7.65. The topological polar surface area (TPSA) is 28.2 Å². The Hall–Kier alpha value is -1.74. The summed E-state index contributed by atoms with van der Waals surface area (Å²) in [6.45, 7) is 0. The number of nitrogens with zero attached hydrogens (tertiary/aromatic N) is 2. The van der Waals surface area contributed by atoms with Gasteiger partial charge in [0.15, 0.2) is 5.82 Å². The van der Waals surface area contributed by atoms with Crippen LogP contribution in [0, 0.1) is 0 Å². The fraction of sp³-hybridized carbons (Fsp3) is 0.353. The highest BCUT2D eigenvalue weighted by atomic mass is 35.5. The normalized spacial score (nSPS) is 20.7. The first kappa shape index (κ1) is 14.2. The predicted octanol–water partition coefficient (Wildman–Crippen LogP) is 4.16. The van der Waals surface area contributed by atoms with Gasteiger partial charge in [-0.3, -0.25) is 0 Å². The van der Waals surface area contributed by atoms with Crippen molar-refractivity contribution in [2.45, 2.75) is 24.8 Å². The fourth-order valence-corrected chi connectivity index (χ4v) is 3.05. The van der Waals surface area contributed by atoms with E-state index in [9.17, 15) is 0 Å². The molecular formula is C17H20ClN3. The first-order valence-electron chi connectivity index (χ1n) is 7.28. The highest BCUT2D eigenvalue weighted by Crippen LogP contribution is 2.39. The molecule has 1 aliphatic carbocycles. The molecule has 0 amide bonds. The molecule has 3 rings (SSSR count). The molecule has 2 aromatic rings. The summed E-state index contributed by atoms with van der Waals surface area (Å²) in [7, 11) is 4.03. The van der Waals surface area contributed by atoms with Crippen LogP contribution in [0.15, 0.2) is 42.6 Å². The molecule has 21 heavy (non-hydrogen) atoms. The van der Waals surface area contributed by atoms with Crippen molar-refractivity contribution < 1.29 is 0 Å². The fourth-order valence-electron chi connectivity index (χ4n) is 2.85. The SMILES string of the molecule is CN(C)c1ncccc1NC1CC(c2cccc(Cl)c2)C1. The Bertz CT molecular complexity index is 621. The average molecular weight is 302 g/mol. The minimum absolute atomic E-state index is 0.511. The van der Waals surface area contributed by atoms with E-state index in [-0.39, 0.29) is 0 Å². The van der Waals surface area contributed by atoms with E-state index in [0.29, 0.717) is 12.0 Å². The summed E-state index contributed by atoms with van der Waals surface area (Å²) < 4.78 is 0. The molecule has 1 N–H and O–H groups in total. The van der Waals surface area contributed by atoms with Crippen LogP contribution in [0.25, 0.3) is 0 Å². The molecule has 1 aliphatic rings. The lowest BCUT2D eigenvalue weighted by atomic mass is 9.76. The molecular weight excluding hydrogens is 282 g/mol. The average Bonchev–Trinajstić information content (AvgIpc) is 2.42. The number of hydrogen-bond acceptors (Lipinski definition) is 3. The van der Waals surface area contributed by atoms with Gasteiger partial charge in [-0.25, -0.2) is 4.98 Å². The quantitative estimate of drug-likeness (QED) is 0.919. The van der Waals surface area contributed by atoms with E-state index in [0.717, 1.165) is 29.4 Å². The van der Waals surface area contributed by atoms with Gasteiger partial charge in [0.2, 0.25) is 0 Å². The van der Waals surface area contributed by atoms with Crippen molar-refractivity contribution in [3.63, 3.8) is 0 Å². The van der Waals surface area contributed by atoms with Crippen molar-refractivity contribution in [1.82, 2.24) is 4.98 Å². The van der Waals surface area contributed by atoms with Crippen molar-refractivity contribution in [2.75, 3.05) is 24.3 Å². The summed E-state index contributed by atoms with van der Waals surface area (Å²) in [5.74, 6) is 1.60. The minimum Gasteiger partial charge on any atom is -0.379 e. The molecule has 0 aliphatic heterocycles. The Balaban J connectivity index is 1.63. The summed E-state index contributed by atoms with van der Waals surface area (Å²) in [5.41, 5.74) is 2.46. The van der Waals surface area contributed by atoms with Crippen LogP contribution in [0.3, 0.4) is 0 Å². The van der Waals surface area contributed by atoms with Gasteiger partial charge in [0.25, 0.3) is 0 Å². The van der Waals surface area contributed by atoms with Crippen LogP contribution in [0.1, 0.15) is 24.3 Å². The maximum atomic E-state index is 6.06. The van der Waals surface area contributed by atoms with Crippen LogP contribution in [0.4, 0.5) is 11.5 Å². The molecule has 0 radical (unpaired) electrons. The number of hydrogen-bond donors (Lipinski definition) is 1. The molecule has 4 heteroatoms. The molecule has 1 aromatic carbocycles. The van der Waals surface area contributed by atoms with E-state index in [2.05, 4.69) is 28.5 Å². The number of benzene rings is 1. The summed E-state index contributed by atoms with van der Waals surface area (Å²) in [6.07, 6.45) is 4.11. The van der Waals surface area contributed by atoms with Gasteiger partial charge in [0.1, 0.15) is 0 Å². The van der Waals surface area contributed by atoms with Gasteiger partial charge in [0, 0.05) is 31.4 Å². The summed E-state index contributed by atoms with van der Waals surface area (Å²) in [6, 6.07) is 12.8. The van der Waals surface area contributed by atoms with Crippen molar-refractivity contribution in [2.24, 2.45) is 0 Å². The maximum absolute atomic E-state index is 6.06. The zero-order valence-electron chi connectivity index (χ0n) is 12.4. The number of anilines is 2. The third-order valence-electron chi connectivity index (χ3n) is 4.03. The standard InChI is InChI=1S/C17H20ClN3/c1-21(2)17-16(7-4-8-19-17)20-15-10-13(11-15)12-5-3-6-14(18)9-12/h3-9,13,15,20H,10-11H2,1-2H3. The van der Waals surface area contributed by atoms with Gasteiger partial charge in [0.05, 0.1) is 5.69 Å². The highest BCUT2D eigenvalue weighted by Gasteiger charge is 2.30. The van der Waals surface area contributed by atoms with E-state index < -0.39 is 0 Å². The largest absolute Gasteiger partial charge is 0.379 e. The second-order valence-electron chi connectivity index (χ2n) is 5.83. The smallest absolute Gasteiger partial charge is 0.151 e. The Morgan fingerprint density at radius 3 is 2.71 bits per heavy atom. The summed E-state index contributed by atoms with van der Waals surface area (Å²) in [5, 5.41) is 4.43. The Kier molecular flexibility index (Phi) is 4.02. The molecule has 0 spiro atoms. The van der Waals surface area contributed by atoms with E-state index >= 15 is 0 Å². The third kappa shape index (κ3) is 3.13. The maximum Gasteiger partial charge on any atom is 0.151 e. The number of rotatable bonds is 4. The number of halogens is 1. The Morgan fingerprint density at radius 2 is 2.00 bits per heavy atom. The number of nitrogens with one attached hydrogen (secondary N) is 1. The van der Waals surface area contributed by atoms with Gasteiger partial charge in [-0.05, 0) is 48.6 Å². The molecule has 3 nitrogen and oxygen atoms in total. The lowest BCUT2D eigenvalue weighted by Crippen LogP contribution is -2.34. The van der Waals surface area contributed by atoms with Gasteiger partial charge in [-0.1, -0.05) is 23.7 Å². The molecule has 1 heterocycles. The van der Waals surface area contributed by atoms with Crippen molar-refractivity contribution in [3.8, 4) is 0 Å². The van der Waals surface area contributed by atoms with Gasteiger partial charge >= 0.3 is 0 Å². The van der Waals surface area contributed by atoms with Crippen molar-refractivity contribution in [1.29, 1.82) is 0 Å². The number of pyridine rings is 1. The minimum atomic E-state index is 0.511. The lowest BCUT2D eigenvalue weighted by Gasteiger charge is -2.37. The molecule has 0 unspecified atom stereocenters. The van der Waals surface area contributed by atoms with Crippen LogP contribution in [-0.2, 0) is 0 Å². The number of aromatic nitrogens is 1. The van der Waals surface area contributed by atoms with Crippen LogP contribution < -0.4 is 10.2 Å². The highest BCUT2D eigenvalue weighted by molar-refractivity contribution is 6.30. The molecule has 0 saturated heterocycles. The van der Waals surface area contributed by atoms with Gasteiger partial charge in [-0.2, -0.15) is 0 Å². The van der Waals surface area contributed by atoms with Gasteiger partial charge in [-0.15, -0.1) is 0 Å². The van der Waals surface area contributed by atoms with Crippen molar-refractivity contribution >= 4 is 23.1 Å². The second kappa shape index (κ2) is 5.94. The molecule has 110 valence electrons. The molecule has 0 atom stereocenters. The molecule has 1 aromatic heterocycles. The third-order valence-corrected chi connectivity index (χ3v) is 4.26. The van der Waals surface area contributed by atoms with E-state index in [1.165, 1.54) is 5.56 Å². The zero-order chi connectivity index (χ0) is 14.8. The van der Waals surface area contributed by atoms with Gasteiger partial charge < -0.3 is 10.2 Å². The van der Waals surface area contributed by atoms with E-state index in [4.69, 9.17) is 11.6 Å². The summed E-state index contributed by atoms with van der Waals surface area (Å²) >= 11 is 6.06. The lowest BCUT2D eigenvalue weighted by molar-refractivity contribution is 0.374. The molecule has 1 fully saturated rings. The van der Waals surface area contributed by atoms with E-state index in [1.807, 2.05) is 43.4 Å². The first-order chi connectivity index (χ1) is 10.1. The Labute approximate surface area is 131 Å². The predicted molar refractivity (Wildman–Crippen MR) is 89.4 cm³/mol. The second-order valence-corrected chi connectivity index (χ2v) is 6.27. The van der Waals surface area contributed by atoms with Crippen LogP contribution in [-0.4, -0.2) is 25.1 Å². The molecule has 1 saturated carbocycles. The van der Waals surface area contributed by atoms with Crippen molar-refractivity contribution in [3.05, 3.63) is 53.2 Å². The zero-order valence-corrected chi connectivity index (χ0v) is 13.1. The molecule has 0 bridgehead atoms. The summed E-state index contributed by atoms with van der Waals surface area (Å²) in [4.78, 5) is 6.46. The van der Waals surface area contributed by atoms with Crippen LogP contribution in [0.2, 0.25) is 5.02 Å². The Morgan fingerprint density at radius 1 is 1.19 bits per heavy atom.